The summed E-state index contributed by atoms with van der Waals surface area (Å²) in [6, 6.07) is 8.10. The summed E-state index contributed by atoms with van der Waals surface area (Å²) in [7, 11) is 0. The lowest BCUT2D eigenvalue weighted by Crippen LogP contribution is -1.76. The Labute approximate surface area is 110 Å². The van der Waals surface area contributed by atoms with E-state index in [1.807, 2.05) is 41.1 Å². The van der Waals surface area contributed by atoms with E-state index < -0.39 is 0 Å². The molecule has 0 unspecified atom stereocenters. The van der Waals surface area contributed by atoms with Crippen LogP contribution in [0.5, 0.6) is 0 Å². The smallest absolute Gasteiger partial charge is 0.195 e. The predicted molar refractivity (Wildman–Crippen MR) is 71.2 cm³/mol. The van der Waals surface area contributed by atoms with Crippen molar-refractivity contribution in [1.29, 1.82) is 0 Å². The molecule has 80 valence electrons. The highest BCUT2D eigenvalue weighted by molar-refractivity contribution is 9.10. The van der Waals surface area contributed by atoms with E-state index in [-0.39, 0.29) is 0 Å². The van der Waals surface area contributed by atoms with Gasteiger partial charge in [0.25, 0.3) is 0 Å². The van der Waals surface area contributed by atoms with Gasteiger partial charge in [-0.1, -0.05) is 51.0 Å². The molecule has 0 atom stereocenters. The van der Waals surface area contributed by atoms with Gasteiger partial charge in [-0.3, -0.25) is 4.40 Å². The third-order valence-corrected chi connectivity index (χ3v) is 3.91. The number of fused-ring (bicyclic) bond motifs is 1. The summed E-state index contributed by atoms with van der Waals surface area (Å²) < 4.78 is 3.77. The second-order valence-electron chi connectivity index (χ2n) is 3.36. The zero-order valence-corrected chi connectivity index (χ0v) is 11.2. The summed E-state index contributed by atoms with van der Waals surface area (Å²) in [6.07, 6.45) is 3.86. The maximum atomic E-state index is 5.90. The predicted octanol–water partition coefficient (Wildman–Crippen LogP) is 4.48. The first kappa shape index (κ1) is 10.3. The Kier molecular flexibility index (Phi) is 2.50. The van der Waals surface area contributed by atoms with Gasteiger partial charge in [0.05, 0.1) is 5.69 Å². The van der Waals surface area contributed by atoms with Crippen LogP contribution in [0.25, 0.3) is 16.2 Å². The van der Waals surface area contributed by atoms with Gasteiger partial charge in [0.1, 0.15) is 4.34 Å². The van der Waals surface area contributed by atoms with Gasteiger partial charge < -0.3 is 0 Å². The van der Waals surface area contributed by atoms with Gasteiger partial charge in [-0.05, 0) is 12.1 Å². The van der Waals surface area contributed by atoms with E-state index in [1.54, 1.807) is 0 Å². The van der Waals surface area contributed by atoms with E-state index in [0.717, 1.165) is 25.0 Å². The molecular formula is C11H6BrClN2S. The average molecular weight is 314 g/mol. The summed E-state index contributed by atoms with van der Waals surface area (Å²) >= 11 is 10.8. The summed E-state index contributed by atoms with van der Waals surface area (Å²) in [6.45, 7) is 0. The third kappa shape index (κ3) is 1.77. The summed E-state index contributed by atoms with van der Waals surface area (Å²) in [5, 5.41) is 0. The van der Waals surface area contributed by atoms with Crippen LogP contribution in [-0.4, -0.2) is 9.38 Å². The molecule has 1 aromatic carbocycles. The van der Waals surface area contributed by atoms with Crippen LogP contribution in [0.2, 0.25) is 4.34 Å². The standard InChI is InChI=1S/C11H6BrClN2S/c12-8-3-1-7(2-4-8)9-5-15-6-10(13)16-11(15)14-9/h1-6H. The lowest BCUT2D eigenvalue weighted by Gasteiger charge is -1.95. The van der Waals surface area contributed by atoms with Crippen LogP contribution < -0.4 is 0 Å². The van der Waals surface area contributed by atoms with Crippen molar-refractivity contribution in [3.8, 4) is 11.3 Å². The Hall–Kier alpha value is -0.840. The maximum Gasteiger partial charge on any atom is 0.195 e. The molecule has 0 amide bonds. The van der Waals surface area contributed by atoms with Crippen molar-refractivity contribution in [1.82, 2.24) is 9.38 Å². The molecule has 2 nitrogen and oxygen atoms in total. The second kappa shape index (κ2) is 3.87. The third-order valence-electron chi connectivity index (χ3n) is 2.27. The first-order valence-corrected chi connectivity index (χ1v) is 6.61. The van der Waals surface area contributed by atoms with Gasteiger partial charge in [-0.15, -0.1) is 0 Å². The largest absolute Gasteiger partial charge is 0.296 e. The van der Waals surface area contributed by atoms with Crippen LogP contribution in [0.15, 0.2) is 41.1 Å². The van der Waals surface area contributed by atoms with Crippen LogP contribution >= 0.6 is 38.9 Å². The van der Waals surface area contributed by atoms with Crippen molar-refractivity contribution < 1.29 is 0 Å². The van der Waals surface area contributed by atoms with Crippen molar-refractivity contribution in [2.45, 2.75) is 0 Å². The fraction of sp³-hybridized carbons (Fsp3) is 0. The van der Waals surface area contributed by atoms with Crippen LogP contribution in [0.4, 0.5) is 0 Å². The van der Waals surface area contributed by atoms with Crippen LogP contribution in [-0.2, 0) is 0 Å². The minimum Gasteiger partial charge on any atom is -0.296 e. The quantitative estimate of drug-likeness (QED) is 0.647. The van der Waals surface area contributed by atoms with Crippen molar-refractivity contribution in [3.05, 3.63) is 45.5 Å². The fourth-order valence-corrected chi connectivity index (χ4v) is 2.80. The molecule has 0 aliphatic carbocycles. The maximum absolute atomic E-state index is 5.90. The highest BCUT2D eigenvalue weighted by Gasteiger charge is 2.06. The molecule has 0 spiro atoms. The Morgan fingerprint density at radius 3 is 2.62 bits per heavy atom. The average Bonchev–Trinajstić information content (AvgIpc) is 2.75. The molecule has 0 saturated carbocycles. The number of nitrogens with zero attached hydrogens (tertiary/aromatic N) is 2. The molecular weight excluding hydrogens is 308 g/mol. The molecule has 0 saturated heterocycles. The molecule has 0 bridgehead atoms. The van der Waals surface area contributed by atoms with E-state index in [2.05, 4.69) is 20.9 Å². The Bertz CT molecular complexity index is 610. The molecule has 0 N–H and O–H groups in total. The van der Waals surface area contributed by atoms with Crippen LogP contribution in [0.1, 0.15) is 0 Å². The summed E-state index contributed by atoms with van der Waals surface area (Å²) in [4.78, 5) is 5.43. The topological polar surface area (TPSA) is 17.3 Å². The minimum atomic E-state index is 0.754. The molecule has 5 heteroatoms. The normalized spacial score (nSPS) is 11.1. The molecule has 3 aromatic rings. The Balaban J connectivity index is 2.11. The number of hydrogen-bond donors (Lipinski definition) is 0. The Morgan fingerprint density at radius 2 is 1.94 bits per heavy atom. The summed E-state index contributed by atoms with van der Waals surface area (Å²) in [5.41, 5.74) is 2.07. The van der Waals surface area contributed by atoms with Gasteiger partial charge in [-0.2, -0.15) is 0 Å². The summed E-state index contributed by atoms with van der Waals surface area (Å²) in [5.74, 6) is 0. The number of imidazole rings is 1. The first-order valence-electron chi connectivity index (χ1n) is 4.62. The van der Waals surface area contributed by atoms with E-state index >= 15 is 0 Å². The van der Waals surface area contributed by atoms with E-state index in [1.165, 1.54) is 11.3 Å². The van der Waals surface area contributed by atoms with Crippen molar-refractivity contribution in [2.75, 3.05) is 0 Å². The zero-order valence-electron chi connectivity index (χ0n) is 8.02. The number of hydrogen-bond acceptors (Lipinski definition) is 2. The second-order valence-corrected chi connectivity index (χ2v) is 5.91. The molecule has 2 aromatic heterocycles. The molecule has 0 fully saturated rings. The SMILES string of the molecule is Clc1cn2cc(-c3ccc(Br)cc3)nc2s1. The number of thiazole rings is 1. The van der Waals surface area contributed by atoms with E-state index in [9.17, 15) is 0 Å². The Morgan fingerprint density at radius 1 is 1.19 bits per heavy atom. The highest BCUT2D eigenvalue weighted by atomic mass is 79.9. The van der Waals surface area contributed by atoms with Gasteiger partial charge in [0, 0.05) is 22.4 Å². The van der Waals surface area contributed by atoms with Crippen LogP contribution in [0.3, 0.4) is 0 Å². The molecule has 0 aliphatic rings. The van der Waals surface area contributed by atoms with Gasteiger partial charge in [0.15, 0.2) is 4.96 Å². The lowest BCUT2D eigenvalue weighted by atomic mass is 10.2. The molecule has 0 radical (unpaired) electrons. The minimum absolute atomic E-state index is 0.754. The number of rotatable bonds is 1. The van der Waals surface area contributed by atoms with E-state index in [0.29, 0.717) is 0 Å². The molecule has 2 heterocycles. The highest BCUT2D eigenvalue weighted by Crippen LogP contribution is 2.26. The van der Waals surface area contributed by atoms with Crippen LogP contribution in [0, 0.1) is 0 Å². The van der Waals surface area contributed by atoms with Crippen molar-refractivity contribution in [3.63, 3.8) is 0 Å². The molecule has 16 heavy (non-hydrogen) atoms. The number of benzene rings is 1. The van der Waals surface area contributed by atoms with Crippen molar-refractivity contribution in [2.24, 2.45) is 0 Å². The van der Waals surface area contributed by atoms with Gasteiger partial charge >= 0.3 is 0 Å². The fourth-order valence-electron chi connectivity index (χ4n) is 1.53. The van der Waals surface area contributed by atoms with E-state index in [4.69, 9.17) is 11.6 Å². The zero-order chi connectivity index (χ0) is 11.1. The molecule has 3 rings (SSSR count). The lowest BCUT2D eigenvalue weighted by molar-refractivity contribution is 1.23. The first-order chi connectivity index (χ1) is 7.72. The monoisotopic (exact) mass is 312 g/mol. The number of aromatic nitrogens is 2. The van der Waals surface area contributed by atoms with Gasteiger partial charge in [0.2, 0.25) is 0 Å². The van der Waals surface area contributed by atoms with Gasteiger partial charge in [-0.25, -0.2) is 4.98 Å². The van der Waals surface area contributed by atoms with Crippen molar-refractivity contribution >= 4 is 43.8 Å². The molecule has 0 aliphatic heterocycles. The number of halogens is 2.